The van der Waals surface area contributed by atoms with Gasteiger partial charge in [0, 0.05) is 0 Å². The SMILES string of the molecule is CCCCCCCCCCCC[Se]c1ccccc1C=NCCN=Cc1ccccc1[Se]CCCCCCCCCCCC. The van der Waals surface area contributed by atoms with Crippen LogP contribution in [0.4, 0.5) is 0 Å². The van der Waals surface area contributed by atoms with Crippen molar-refractivity contribution in [1.29, 1.82) is 0 Å². The van der Waals surface area contributed by atoms with E-state index in [1.54, 1.807) is 0 Å². The molecule has 0 aromatic heterocycles. The summed E-state index contributed by atoms with van der Waals surface area (Å²) >= 11 is 1.08. The molecule has 2 rings (SSSR count). The quantitative estimate of drug-likeness (QED) is 0.0452. The van der Waals surface area contributed by atoms with Gasteiger partial charge < -0.3 is 0 Å². The number of unbranched alkanes of at least 4 members (excludes halogenated alkanes) is 18. The molecule has 0 radical (unpaired) electrons. The van der Waals surface area contributed by atoms with Gasteiger partial charge in [-0.1, -0.05) is 0 Å². The van der Waals surface area contributed by atoms with Gasteiger partial charge in [-0.3, -0.25) is 0 Å². The van der Waals surface area contributed by atoms with Gasteiger partial charge in [0.15, 0.2) is 0 Å². The molecule has 0 unspecified atom stereocenters. The summed E-state index contributed by atoms with van der Waals surface area (Å²) in [6.45, 7) is 6.10. The molecule has 0 aliphatic carbocycles. The van der Waals surface area contributed by atoms with E-state index in [-0.39, 0.29) is 0 Å². The Bertz CT molecular complexity index is 907. The Morgan fingerprint density at radius 1 is 0.432 bits per heavy atom. The minimum atomic E-state index is 0.542. The van der Waals surface area contributed by atoms with Crippen LogP contribution < -0.4 is 8.92 Å². The fraction of sp³-hybridized carbons (Fsp3) is 0.650. The molecule has 0 spiro atoms. The summed E-state index contributed by atoms with van der Waals surface area (Å²) in [5.41, 5.74) is 2.62. The third kappa shape index (κ3) is 20.8. The van der Waals surface area contributed by atoms with Crippen molar-refractivity contribution in [3.8, 4) is 0 Å². The zero-order valence-electron chi connectivity index (χ0n) is 28.5. The van der Waals surface area contributed by atoms with E-state index in [2.05, 4.69) is 74.8 Å². The Labute approximate surface area is 285 Å². The molecule has 0 amide bonds. The van der Waals surface area contributed by atoms with Crippen LogP contribution in [0, 0.1) is 0 Å². The topological polar surface area (TPSA) is 24.7 Å². The molecule has 2 aromatic rings. The van der Waals surface area contributed by atoms with E-state index in [4.69, 9.17) is 9.98 Å². The van der Waals surface area contributed by atoms with Crippen molar-refractivity contribution in [3.05, 3.63) is 59.7 Å². The first-order valence-corrected chi connectivity index (χ1v) is 22.4. The monoisotopic (exact) mass is 732 g/mol. The Kier molecular flexibility index (Phi) is 25.9. The van der Waals surface area contributed by atoms with Gasteiger partial charge in [0.2, 0.25) is 0 Å². The van der Waals surface area contributed by atoms with E-state index in [1.165, 1.54) is 159 Å². The zero-order chi connectivity index (χ0) is 31.2. The second-order valence-corrected chi connectivity index (χ2v) is 17.0. The van der Waals surface area contributed by atoms with E-state index >= 15 is 0 Å². The molecule has 0 atom stereocenters. The van der Waals surface area contributed by atoms with Crippen LogP contribution in [0.1, 0.15) is 153 Å². The van der Waals surface area contributed by atoms with E-state index in [9.17, 15) is 0 Å². The number of hydrogen-bond acceptors (Lipinski definition) is 2. The maximum atomic E-state index is 4.75. The van der Waals surface area contributed by atoms with Crippen LogP contribution in [0.25, 0.3) is 0 Å². The van der Waals surface area contributed by atoms with Crippen molar-refractivity contribution in [2.24, 2.45) is 9.98 Å². The van der Waals surface area contributed by atoms with Crippen LogP contribution in [0.2, 0.25) is 10.6 Å². The summed E-state index contributed by atoms with van der Waals surface area (Å²) in [4.78, 5) is 9.49. The molecule has 0 aliphatic heterocycles. The first kappa shape index (κ1) is 39.0. The van der Waals surface area contributed by atoms with Crippen LogP contribution in [-0.2, 0) is 0 Å². The third-order valence-electron chi connectivity index (χ3n) is 8.17. The standard InChI is InChI=1S/C40H64N2Se2/c1-3-5-7-9-11-13-15-17-19-25-33-43-39-29-23-21-27-37(39)35-41-31-32-42-36-38-28-22-24-30-40(38)44-34-26-20-18-16-14-12-10-8-6-4-2/h21-24,27-30,35-36H,3-20,25-26,31-34H2,1-2H3. The van der Waals surface area contributed by atoms with E-state index in [1.807, 2.05) is 0 Å². The third-order valence-corrected chi connectivity index (χ3v) is 13.1. The summed E-state index contributed by atoms with van der Waals surface area (Å²) in [5, 5.41) is 2.69. The summed E-state index contributed by atoms with van der Waals surface area (Å²) in [5.74, 6) is 0. The fourth-order valence-electron chi connectivity index (χ4n) is 5.42. The van der Waals surface area contributed by atoms with Crippen LogP contribution in [-0.4, -0.2) is 55.4 Å². The van der Waals surface area contributed by atoms with Gasteiger partial charge in [0.1, 0.15) is 0 Å². The Morgan fingerprint density at radius 3 is 1.11 bits per heavy atom. The Hall–Kier alpha value is -1.18. The molecule has 2 nitrogen and oxygen atoms in total. The van der Waals surface area contributed by atoms with Crippen LogP contribution in [0.15, 0.2) is 58.5 Å². The summed E-state index contributed by atoms with van der Waals surface area (Å²) < 4.78 is 3.00. The van der Waals surface area contributed by atoms with Crippen molar-refractivity contribution in [2.45, 2.75) is 153 Å². The van der Waals surface area contributed by atoms with E-state index < -0.39 is 0 Å². The average molecular weight is 731 g/mol. The average Bonchev–Trinajstić information content (AvgIpc) is 3.05. The number of hydrogen-bond donors (Lipinski definition) is 0. The molecule has 2 aromatic carbocycles. The van der Waals surface area contributed by atoms with Gasteiger partial charge in [-0.25, -0.2) is 0 Å². The first-order valence-electron chi connectivity index (χ1n) is 18.3. The van der Waals surface area contributed by atoms with Crippen LogP contribution in [0.3, 0.4) is 0 Å². The molecule has 44 heavy (non-hydrogen) atoms. The minimum absolute atomic E-state index is 0.542. The molecule has 246 valence electrons. The number of nitrogens with zero attached hydrogens (tertiary/aromatic N) is 2. The van der Waals surface area contributed by atoms with Gasteiger partial charge in [-0.05, 0) is 0 Å². The molecule has 4 heteroatoms. The van der Waals surface area contributed by atoms with Crippen molar-refractivity contribution in [2.75, 3.05) is 13.1 Å². The van der Waals surface area contributed by atoms with Crippen LogP contribution in [0.5, 0.6) is 0 Å². The molecular weight excluding hydrogens is 666 g/mol. The Balaban J connectivity index is 1.59. The predicted molar refractivity (Wildman–Crippen MR) is 202 cm³/mol. The zero-order valence-corrected chi connectivity index (χ0v) is 31.9. The molecule has 0 aliphatic rings. The second kappa shape index (κ2) is 29.2. The summed E-state index contributed by atoms with van der Waals surface area (Å²) in [7, 11) is 0. The molecule has 0 saturated carbocycles. The van der Waals surface area contributed by atoms with Crippen LogP contribution >= 0.6 is 0 Å². The molecular formula is C40H64N2Se2. The number of rotatable bonds is 29. The molecule has 0 bridgehead atoms. The Morgan fingerprint density at radius 2 is 0.750 bits per heavy atom. The van der Waals surface area contributed by atoms with Gasteiger partial charge in [0.05, 0.1) is 0 Å². The fourth-order valence-corrected chi connectivity index (χ4v) is 9.75. The summed E-state index contributed by atoms with van der Waals surface area (Å²) in [6.07, 6.45) is 32.4. The van der Waals surface area contributed by atoms with Gasteiger partial charge >= 0.3 is 287 Å². The number of aliphatic imine (C=N–C) groups is 2. The van der Waals surface area contributed by atoms with Crippen molar-refractivity contribution in [1.82, 2.24) is 0 Å². The first-order chi connectivity index (χ1) is 21.8. The molecule has 0 saturated heterocycles. The maximum absolute atomic E-state index is 4.75. The van der Waals surface area contributed by atoms with E-state index in [0.29, 0.717) is 29.9 Å². The number of benzene rings is 2. The normalized spacial score (nSPS) is 11.8. The second-order valence-electron chi connectivity index (χ2n) is 12.2. The molecule has 0 N–H and O–H groups in total. The predicted octanol–water partition coefficient (Wildman–Crippen LogP) is 10.6. The van der Waals surface area contributed by atoms with Crippen molar-refractivity contribution < 1.29 is 0 Å². The summed E-state index contributed by atoms with van der Waals surface area (Å²) in [6, 6.07) is 17.8. The van der Waals surface area contributed by atoms with Gasteiger partial charge in [-0.2, -0.15) is 0 Å². The van der Waals surface area contributed by atoms with Gasteiger partial charge in [0.25, 0.3) is 0 Å². The van der Waals surface area contributed by atoms with E-state index in [0.717, 1.165) is 13.1 Å². The molecule has 0 heterocycles. The van der Waals surface area contributed by atoms with Gasteiger partial charge in [-0.15, -0.1) is 0 Å². The van der Waals surface area contributed by atoms with Crippen molar-refractivity contribution >= 4 is 51.3 Å². The van der Waals surface area contributed by atoms with Crippen molar-refractivity contribution in [3.63, 3.8) is 0 Å². The molecule has 0 fully saturated rings.